The topological polar surface area (TPSA) is 60.9 Å². The molecule has 0 aliphatic rings. The lowest BCUT2D eigenvalue weighted by atomic mass is 10.1. The molecule has 0 radical (unpaired) electrons. The summed E-state index contributed by atoms with van der Waals surface area (Å²) in [6, 6.07) is 5.67. The van der Waals surface area contributed by atoms with E-state index in [0.29, 0.717) is 11.9 Å². The van der Waals surface area contributed by atoms with Gasteiger partial charge >= 0.3 is 0 Å². The van der Waals surface area contributed by atoms with Gasteiger partial charge in [0.25, 0.3) is 5.56 Å². The monoisotopic (exact) mass is 229 g/mol. The first-order valence-electron chi connectivity index (χ1n) is 5.54. The maximum absolute atomic E-state index is 11.9. The molecule has 0 saturated carbocycles. The molecule has 0 aliphatic heterocycles. The van der Waals surface area contributed by atoms with Crippen LogP contribution in [0.3, 0.4) is 0 Å². The predicted octanol–water partition coefficient (Wildman–Crippen LogP) is 1.30. The minimum Gasteiger partial charge on any atom is -0.330 e. The summed E-state index contributed by atoms with van der Waals surface area (Å²) in [5.74, 6) is 0. The van der Waals surface area contributed by atoms with Crippen LogP contribution < -0.4 is 11.3 Å². The van der Waals surface area contributed by atoms with Gasteiger partial charge in [-0.05, 0) is 30.7 Å². The molecule has 2 rings (SSSR count). The first kappa shape index (κ1) is 11.5. The number of hydrogen-bond acceptors (Lipinski definition) is 3. The van der Waals surface area contributed by atoms with Crippen molar-refractivity contribution in [3.63, 3.8) is 0 Å². The quantitative estimate of drug-likeness (QED) is 0.862. The summed E-state index contributed by atoms with van der Waals surface area (Å²) in [7, 11) is 1.70. The number of aromatic nitrogens is 2. The average Bonchev–Trinajstić information content (AvgIpc) is 2.35. The third-order valence-electron chi connectivity index (χ3n) is 2.59. The number of benzene rings is 1. The second kappa shape index (κ2) is 4.93. The Morgan fingerprint density at radius 3 is 3.06 bits per heavy atom. The van der Waals surface area contributed by atoms with Crippen LogP contribution in [0.4, 0.5) is 0 Å². The fourth-order valence-corrected chi connectivity index (χ4v) is 1.65. The molecule has 0 unspecified atom stereocenters. The van der Waals surface area contributed by atoms with Gasteiger partial charge in [-0.2, -0.15) is 0 Å². The van der Waals surface area contributed by atoms with Crippen molar-refractivity contribution in [1.82, 2.24) is 9.55 Å². The van der Waals surface area contributed by atoms with E-state index in [9.17, 15) is 4.79 Å². The number of nitrogens with zero attached hydrogens (tertiary/aromatic N) is 2. The molecule has 4 heteroatoms. The summed E-state index contributed by atoms with van der Waals surface area (Å²) in [5, 5.41) is 0.643. The van der Waals surface area contributed by atoms with Gasteiger partial charge in [0.1, 0.15) is 0 Å². The van der Waals surface area contributed by atoms with Crippen LogP contribution in [-0.4, -0.2) is 16.1 Å². The van der Waals surface area contributed by atoms with Crippen molar-refractivity contribution in [3.8, 4) is 0 Å². The average molecular weight is 229 g/mol. The van der Waals surface area contributed by atoms with Gasteiger partial charge in [-0.3, -0.25) is 4.79 Å². The van der Waals surface area contributed by atoms with Crippen LogP contribution in [0.15, 0.2) is 35.4 Å². The van der Waals surface area contributed by atoms with E-state index in [1.54, 1.807) is 7.05 Å². The fraction of sp³-hybridized carbons (Fsp3) is 0.231. The van der Waals surface area contributed by atoms with Crippen LogP contribution in [0.25, 0.3) is 17.0 Å². The fourth-order valence-electron chi connectivity index (χ4n) is 1.65. The minimum atomic E-state index is -0.0240. The number of hydrogen-bond donors (Lipinski definition) is 1. The SMILES string of the molecule is Cn1cnc2ccc(C=CCCN)cc2c1=O. The van der Waals surface area contributed by atoms with Gasteiger partial charge in [0.15, 0.2) is 0 Å². The van der Waals surface area contributed by atoms with Crippen molar-refractivity contribution < 1.29 is 0 Å². The van der Waals surface area contributed by atoms with Gasteiger partial charge in [0.2, 0.25) is 0 Å². The Morgan fingerprint density at radius 1 is 1.47 bits per heavy atom. The van der Waals surface area contributed by atoms with E-state index in [1.165, 1.54) is 10.9 Å². The van der Waals surface area contributed by atoms with E-state index in [4.69, 9.17) is 5.73 Å². The zero-order chi connectivity index (χ0) is 12.3. The van der Waals surface area contributed by atoms with Crippen molar-refractivity contribution >= 4 is 17.0 Å². The molecule has 0 spiro atoms. The third kappa shape index (κ3) is 2.42. The first-order chi connectivity index (χ1) is 8.22. The number of rotatable bonds is 3. The van der Waals surface area contributed by atoms with Crippen molar-refractivity contribution in [2.24, 2.45) is 12.8 Å². The molecule has 0 saturated heterocycles. The van der Waals surface area contributed by atoms with E-state index >= 15 is 0 Å². The second-order valence-electron chi connectivity index (χ2n) is 3.92. The lowest BCUT2D eigenvalue weighted by Crippen LogP contribution is -2.16. The number of fused-ring (bicyclic) bond motifs is 1. The summed E-state index contributed by atoms with van der Waals surface area (Å²) >= 11 is 0. The van der Waals surface area contributed by atoms with Crippen LogP contribution in [0.1, 0.15) is 12.0 Å². The molecular weight excluding hydrogens is 214 g/mol. The van der Waals surface area contributed by atoms with E-state index in [2.05, 4.69) is 4.98 Å². The Morgan fingerprint density at radius 2 is 2.29 bits per heavy atom. The molecule has 2 aromatic rings. The van der Waals surface area contributed by atoms with Gasteiger partial charge in [-0.1, -0.05) is 18.2 Å². The highest BCUT2D eigenvalue weighted by atomic mass is 16.1. The highest BCUT2D eigenvalue weighted by molar-refractivity contribution is 5.80. The molecular formula is C13H15N3O. The minimum absolute atomic E-state index is 0.0240. The van der Waals surface area contributed by atoms with Gasteiger partial charge < -0.3 is 10.3 Å². The Hall–Kier alpha value is -1.94. The van der Waals surface area contributed by atoms with Gasteiger partial charge in [-0.25, -0.2) is 4.98 Å². The number of nitrogens with two attached hydrogens (primary N) is 1. The lowest BCUT2D eigenvalue weighted by molar-refractivity contribution is 0.843. The Balaban J connectivity index is 2.49. The third-order valence-corrected chi connectivity index (χ3v) is 2.59. The zero-order valence-corrected chi connectivity index (χ0v) is 9.76. The van der Waals surface area contributed by atoms with Crippen LogP contribution >= 0.6 is 0 Å². The Labute approximate surface area is 99.4 Å². The van der Waals surface area contributed by atoms with E-state index < -0.39 is 0 Å². The van der Waals surface area contributed by atoms with Crippen LogP contribution in [0.2, 0.25) is 0 Å². The molecule has 0 atom stereocenters. The maximum Gasteiger partial charge on any atom is 0.260 e. The standard InChI is InChI=1S/C13H15N3O/c1-16-9-15-12-6-5-10(4-2-3-7-14)8-11(12)13(16)17/h2,4-6,8-9H,3,7,14H2,1H3. The Bertz CT molecular complexity index is 614. The highest BCUT2D eigenvalue weighted by Crippen LogP contribution is 2.11. The van der Waals surface area contributed by atoms with Crippen LogP contribution in [0.5, 0.6) is 0 Å². The van der Waals surface area contributed by atoms with Crippen LogP contribution in [-0.2, 0) is 7.05 Å². The smallest absolute Gasteiger partial charge is 0.260 e. The molecule has 1 aromatic carbocycles. The van der Waals surface area contributed by atoms with Gasteiger partial charge in [0, 0.05) is 7.05 Å². The second-order valence-corrected chi connectivity index (χ2v) is 3.92. The molecule has 0 aliphatic carbocycles. The summed E-state index contributed by atoms with van der Waals surface area (Å²) in [4.78, 5) is 16.1. The molecule has 0 amide bonds. The highest BCUT2D eigenvalue weighted by Gasteiger charge is 2.01. The normalized spacial score (nSPS) is 11.4. The van der Waals surface area contributed by atoms with E-state index in [-0.39, 0.29) is 5.56 Å². The largest absolute Gasteiger partial charge is 0.330 e. The van der Waals surface area contributed by atoms with Crippen molar-refractivity contribution in [2.45, 2.75) is 6.42 Å². The van der Waals surface area contributed by atoms with Crippen LogP contribution in [0, 0.1) is 0 Å². The zero-order valence-electron chi connectivity index (χ0n) is 9.76. The summed E-state index contributed by atoms with van der Waals surface area (Å²) in [6.07, 6.45) is 6.35. The Kier molecular flexibility index (Phi) is 3.35. The van der Waals surface area contributed by atoms with E-state index in [1.807, 2.05) is 30.4 Å². The predicted molar refractivity (Wildman–Crippen MR) is 69.7 cm³/mol. The lowest BCUT2D eigenvalue weighted by Gasteiger charge is -2.01. The molecule has 1 heterocycles. The summed E-state index contributed by atoms with van der Waals surface area (Å²) < 4.78 is 1.48. The van der Waals surface area contributed by atoms with Gasteiger partial charge in [-0.15, -0.1) is 0 Å². The molecule has 2 N–H and O–H groups in total. The van der Waals surface area contributed by atoms with E-state index in [0.717, 1.165) is 17.5 Å². The summed E-state index contributed by atoms with van der Waals surface area (Å²) in [6.45, 7) is 0.632. The van der Waals surface area contributed by atoms with Crippen molar-refractivity contribution in [2.75, 3.05) is 6.54 Å². The molecule has 0 fully saturated rings. The van der Waals surface area contributed by atoms with Gasteiger partial charge in [0.05, 0.1) is 17.2 Å². The molecule has 4 nitrogen and oxygen atoms in total. The molecule has 17 heavy (non-hydrogen) atoms. The number of aryl methyl sites for hydroxylation is 1. The summed E-state index contributed by atoms with van der Waals surface area (Å²) in [5.41, 5.74) is 7.11. The molecule has 1 aromatic heterocycles. The van der Waals surface area contributed by atoms with Crippen molar-refractivity contribution in [3.05, 3.63) is 46.5 Å². The molecule has 88 valence electrons. The maximum atomic E-state index is 11.9. The first-order valence-corrected chi connectivity index (χ1v) is 5.54. The molecule has 0 bridgehead atoms. The van der Waals surface area contributed by atoms with Crippen molar-refractivity contribution in [1.29, 1.82) is 0 Å².